The quantitative estimate of drug-likeness (QED) is 0.424. The molecule has 138 valence electrons. The Morgan fingerprint density at radius 3 is 1.96 bits per heavy atom. The molecule has 0 spiro atoms. The van der Waals surface area contributed by atoms with Gasteiger partial charge in [-0.2, -0.15) is 4.53 Å². The predicted octanol–water partition coefficient (Wildman–Crippen LogP) is 6.10. The molecule has 0 bridgehead atoms. The van der Waals surface area contributed by atoms with E-state index in [1.54, 1.807) is 45.0 Å². The van der Waals surface area contributed by atoms with Crippen LogP contribution in [-0.4, -0.2) is 26.9 Å². The van der Waals surface area contributed by atoms with Crippen molar-refractivity contribution >= 4 is 58.4 Å². The van der Waals surface area contributed by atoms with Crippen molar-refractivity contribution in [2.24, 2.45) is 0 Å². The molecule has 0 saturated heterocycles. The third kappa shape index (κ3) is 4.44. The summed E-state index contributed by atoms with van der Waals surface area (Å²) >= 11 is 24.4. The van der Waals surface area contributed by atoms with Crippen molar-refractivity contribution in [1.29, 1.82) is 0 Å². The molecule has 8 heteroatoms. The van der Waals surface area contributed by atoms with Crippen molar-refractivity contribution < 1.29 is 9.59 Å². The number of halogens is 4. The molecule has 2 aromatic carbocycles. The van der Waals surface area contributed by atoms with E-state index < -0.39 is 17.4 Å². The molecular formula is C18H16Cl4N2O2. The van der Waals surface area contributed by atoms with E-state index in [0.29, 0.717) is 5.02 Å². The number of benzene rings is 2. The highest BCUT2D eigenvalue weighted by molar-refractivity contribution is 6.38. The van der Waals surface area contributed by atoms with E-state index in [0.717, 1.165) is 9.54 Å². The molecule has 0 saturated carbocycles. The summed E-state index contributed by atoms with van der Waals surface area (Å²) < 4.78 is 0.723. The molecule has 2 rings (SSSR count). The van der Waals surface area contributed by atoms with Gasteiger partial charge in [-0.15, -0.1) is 0 Å². The lowest BCUT2D eigenvalue weighted by Gasteiger charge is -2.39. The minimum atomic E-state index is -0.813. The Morgan fingerprint density at radius 1 is 0.846 bits per heavy atom. The first-order chi connectivity index (χ1) is 12.0. The molecule has 0 radical (unpaired) electrons. The van der Waals surface area contributed by atoms with Crippen molar-refractivity contribution in [3.8, 4) is 0 Å². The van der Waals surface area contributed by atoms with Crippen LogP contribution in [-0.2, 0) is 0 Å². The zero-order valence-corrected chi connectivity index (χ0v) is 17.3. The highest BCUT2D eigenvalue weighted by Gasteiger charge is 2.36. The fourth-order valence-electron chi connectivity index (χ4n) is 2.25. The van der Waals surface area contributed by atoms with E-state index in [4.69, 9.17) is 46.6 Å². The van der Waals surface area contributed by atoms with E-state index in [1.807, 2.05) is 0 Å². The SMILES string of the molecule is CC(C)(C)N(C(=O)c1ccccc1Cl)N(Cl)C(=O)c1ccc(Cl)cc1Cl. The Kier molecular flexibility index (Phi) is 6.46. The summed E-state index contributed by atoms with van der Waals surface area (Å²) in [6, 6.07) is 10.9. The number of rotatable bonds is 2. The Hall–Kier alpha value is -1.46. The lowest BCUT2D eigenvalue weighted by molar-refractivity contribution is -0.00368. The van der Waals surface area contributed by atoms with Crippen LogP contribution in [0.2, 0.25) is 15.1 Å². The summed E-state index contributed by atoms with van der Waals surface area (Å²) in [6.07, 6.45) is 0. The van der Waals surface area contributed by atoms with Gasteiger partial charge in [0, 0.05) is 16.8 Å². The second-order valence-electron chi connectivity index (χ2n) is 6.46. The average Bonchev–Trinajstić information content (AvgIpc) is 2.53. The van der Waals surface area contributed by atoms with Crippen LogP contribution in [0.3, 0.4) is 0 Å². The number of carbonyl (C=O) groups is 2. The number of carbonyl (C=O) groups excluding carboxylic acids is 2. The normalized spacial score (nSPS) is 11.2. The van der Waals surface area contributed by atoms with Gasteiger partial charge in [-0.3, -0.25) is 9.59 Å². The van der Waals surface area contributed by atoms with Crippen LogP contribution in [0.15, 0.2) is 42.5 Å². The van der Waals surface area contributed by atoms with Gasteiger partial charge in [0.05, 0.1) is 26.7 Å². The molecule has 4 nitrogen and oxygen atoms in total. The average molecular weight is 434 g/mol. The molecule has 0 fully saturated rings. The van der Waals surface area contributed by atoms with Crippen LogP contribution in [0.1, 0.15) is 41.5 Å². The number of amides is 2. The van der Waals surface area contributed by atoms with Crippen molar-refractivity contribution in [2.45, 2.75) is 26.3 Å². The number of hydrogen-bond donors (Lipinski definition) is 0. The fourth-order valence-corrected chi connectivity index (χ4v) is 3.34. The summed E-state index contributed by atoms with van der Waals surface area (Å²) in [4.78, 5) is 25.9. The minimum Gasteiger partial charge on any atom is -0.267 e. The zero-order valence-electron chi connectivity index (χ0n) is 14.3. The van der Waals surface area contributed by atoms with E-state index in [1.165, 1.54) is 18.2 Å². The van der Waals surface area contributed by atoms with E-state index >= 15 is 0 Å². The Bertz CT molecular complexity index is 849. The monoisotopic (exact) mass is 432 g/mol. The van der Waals surface area contributed by atoms with Gasteiger partial charge in [-0.05, 0) is 51.1 Å². The highest BCUT2D eigenvalue weighted by Crippen LogP contribution is 2.29. The first kappa shape index (κ1) is 20.8. The molecule has 0 aliphatic carbocycles. The van der Waals surface area contributed by atoms with Crippen LogP contribution in [0.4, 0.5) is 0 Å². The van der Waals surface area contributed by atoms with Crippen LogP contribution in [0.25, 0.3) is 0 Å². The predicted molar refractivity (Wildman–Crippen MR) is 106 cm³/mol. The maximum absolute atomic E-state index is 13.0. The minimum absolute atomic E-state index is 0.118. The van der Waals surface area contributed by atoms with Crippen molar-refractivity contribution in [2.75, 3.05) is 0 Å². The van der Waals surface area contributed by atoms with Crippen LogP contribution in [0.5, 0.6) is 0 Å². The number of hydrazine groups is 1. The summed E-state index contributed by atoms with van der Waals surface area (Å²) in [5.41, 5.74) is -0.468. The summed E-state index contributed by atoms with van der Waals surface area (Å²) in [5, 5.41) is 1.90. The van der Waals surface area contributed by atoms with Gasteiger partial charge in [0.15, 0.2) is 0 Å². The van der Waals surface area contributed by atoms with Gasteiger partial charge in [0.2, 0.25) is 0 Å². The highest BCUT2D eigenvalue weighted by atomic mass is 35.5. The molecule has 0 aliphatic rings. The molecule has 2 aromatic rings. The Balaban J connectivity index is 2.45. The number of nitrogens with zero attached hydrogens (tertiary/aromatic N) is 2. The second-order valence-corrected chi connectivity index (χ2v) is 8.03. The van der Waals surface area contributed by atoms with Gasteiger partial charge >= 0.3 is 0 Å². The third-order valence-corrected chi connectivity index (χ3v) is 4.62. The Labute approximate surface area is 172 Å². The molecule has 0 N–H and O–H groups in total. The summed E-state index contributed by atoms with van der Waals surface area (Å²) in [7, 11) is 0. The lowest BCUT2D eigenvalue weighted by atomic mass is 10.1. The second kappa shape index (κ2) is 8.05. The summed E-state index contributed by atoms with van der Waals surface area (Å²) in [6.45, 7) is 5.23. The molecule has 2 amide bonds. The maximum Gasteiger partial charge on any atom is 0.289 e. The van der Waals surface area contributed by atoms with Gasteiger partial charge in [-0.25, -0.2) is 5.01 Å². The van der Waals surface area contributed by atoms with Gasteiger partial charge in [0.25, 0.3) is 11.8 Å². The number of hydrogen-bond acceptors (Lipinski definition) is 2. The van der Waals surface area contributed by atoms with Gasteiger partial charge in [0.1, 0.15) is 0 Å². The van der Waals surface area contributed by atoms with E-state index in [-0.39, 0.29) is 21.2 Å². The molecule has 26 heavy (non-hydrogen) atoms. The summed E-state index contributed by atoms with van der Waals surface area (Å²) in [5.74, 6) is -1.18. The molecule has 0 heterocycles. The standard InChI is InChI=1S/C18H16Cl4N2O2/c1-18(2,3)23(16(25)12-6-4-5-7-14(12)20)24(22)17(26)13-9-8-11(19)10-15(13)21/h4-10H,1-3H3. The van der Waals surface area contributed by atoms with E-state index in [2.05, 4.69) is 0 Å². The van der Waals surface area contributed by atoms with Crippen molar-refractivity contribution in [1.82, 2.24) is 9.54 Å². The zero-order chi connectivity index (χ0) is 19.6. The van der Waals surface area contributed by atoms with Crippen molar-refractivity contribution in [3.63, 3.8) is 0 Å². The molecular weight excluding hydrogens is 418 g/mol. The van der Waals surface area contributed by atoms with Crippen LogP contribution in [0, 0.1) is 0 Å². The molecule has 0 aromatic heterocycles. The largest absolute Gasteiger partial charge is 0.289 e. The first-order valence-electron chi connectivity index (χ1n) is 7.58. The molecule has 0 unspecified atom stereocenters. The lowest BCUT2D eigenvalue weighted by Crippen LogP contribution is -2.54. The Morgan fingerprint density at radius 2 is 1.42 bits per heavy atom. The molecule has 0 aliphatic heterocycles. The van der Waals surface area contributed by atoms with E-state index in [9.17, 15) is 9.59 Å². The smallest absolute Gasteiger partial charge is 0.267 e. The van der Waals surface area contributed by atoms with Crippen molar-refractivity contribution in [3.05, 3.63) is 68.7 Å². The van der Waals surface area contributed by atoms with Crippen LogP contribution < -0.4 is 0 Å². The van der Waals surface area contributed by atoms with Gasteiger partial charge in [-0.1, -0.05) is 46.9 Å². The van der Waals surface area contributed by atoms with Gasteiger partial charge < -0.3 is 0 Å². The molecule has 0 atom stereocenters. The first-order valence-corrected chi connectivity index (χ1v) is 9.05. The van der Waals surface area contributed by atoms with Crippen LogP contribution >= 0.6 is 46.6 Å². The maximum atomic E-state index is 13.0. The topological polar surface area (TPSA) is 40.6 Å². The fraction of sp³-hybridized carbons (Fsp3) is 0.222. The third-order valence-electron chi connectivity index (χ3n) is 3.44.